The zero-order chi connectivity index (χ0) is 16.5. The Kier molecular flexibility index (Phi) is 3.50. The van der Waals surface area contributed by atoms with Crippen molar-refractivity contribution in [2.24, 2.45) is 0 Å². The fraction of sp³-hybridized carbons (Fsp3) is 0.100. The lowest BCUT2D eigenvalue weighted by molar-refractivity contribution is -0.114. The molecule has 0 bridgehead atoms. The minimum Gasteiger partial charge on any atom is -0.454 e. The minimum absolute atomic E-state index is 0.0439. The van der Waals surface area contributed by atoms with Gasteiger partial charge >= 0.3 is 0 Å². The number of rotatable bonds is 4. The number of ketones is 2. The summed E-state index contributed by atoms with van der Waals surface area (Å²) in [6, 6.07) is 18.3. The number of hydrogen-bond acceptors (Lipinski definition) is 4. The van der Waals surface area contributed by atoms with Gasteiger partial charge in [-0.25, -0.2) is 0 Å². The first kappa shape index (κ1) is 14.5. The minimum atomic E-state index is -0.474. The molecule has 0 atom stereocenters. The Morgan fingerprint density at radius 1 is 0.833 bits per heavy atom. The highest BCUT2D eigenvalue weighted by Gasteiger charge is 2.19. The number of fused-ring (bicyclic) bond motifs is 2. The van der Waals surface area contributed by atoms with E-state index in [1.807, 2.05) is 30.3 Å². The van der Waals surface area contributed by atoms with Crippen LogP contribution in [0.4, 0.5) is 0 Å². The van der Waals surface area contributed by atoms with Crippen molar-refractivity contribution >= 4 is 22.3 Å². The zero-order valence-corrected chi connectivity index (χ0v) is 12.8. The van der Waals surface area contributed by atoms with Crippen LogP contribution in [0.1, 0.15) is 15.9 Å². The van der Waals surface area contributed by atoms with Crippen LogP contribution in [-0.4, -0.2) is 18.4 Å². The van der Waals surface area contributed by atoms with Gasteiger partial charge in [0.15, 0.2) is 11.5 Å². The first-order valence-electron chi connectivity index (χ1n) is 7.65. The molecule has 4 nitrogen and oxygen atoms in total. The lowest BCUT2D eigenvalue weighted by Crippen LogP contribution is -2.16. The van der Waals surface area contributed by atoms with Gasteiger partial charge in [0.25, 0.3) is 0 Å². The van der Waals surface area contributed by atoms with E-state index in [2.05, 4.69) is 0 Å². The van der Waals surface area contributed by atoms with Gasteiger partial charge in [-0.2, -0.15) is 0 Å². The Morgan fingerprint density at radius 3 is 2.50 bits per heavy atom. The SMILES string of the molecule is O=C(Cc1ccc2c(c1)OCO2)C(=O)c1ccc2ccccc2c1. The van der Waals surface area contributed by atoms with Crippen LogP contribution >= 0.6 is 0 Å². The predicted octanol–water partition coefficient (Wildman–Crippen LogP) is 3.56. The molecule has 0 amide bonds. The Morgan fingerprint density at radius 2 is 1.62 bits per heavy atom. The third-order valence-electron chi connectivity index (χ3n) is 4.07. The van der Waals surface area contributed by atoms with Crippen molar-refractivity contribution < 1.29 is 19.1 Å². The Balaban J connectivity index is 1.55. The van der Waals surface area contributed by atoms with Crippen molar-refractivity contribution in [3.63, 3.8) is 0 Å². The van der Waals surface area contributed by atoms with Gasteiger partial charge in [-0.05, 0) is 34.5 Å². The summed E-state index contributed by atoms with van der Waals surface area (Å²) < 4.78 is 10.5. The number of carbonyl (C=O) groups is 2. The highest BCUT2D eigenvalue weighted by atomic mass is 16.7. The molecule has 0 unspecified atom stereocenters. The van der Waals surface area contributed by atoms with E-state index in [1.54, 1.807) is 30.3 Å². The second kappa shape index (κ2) is 5.81. The van der Waals surface area contributed by atoms with Gasteiger partial charge in [0.05, 0.1) is 0 Å². The monoisotopic (exact) mass is 318 g/mol. The number of Topliss-reactive ketones (excluding diaryl/α,β-unsaturated/α-hetero) is 2. The molecule has 4 heteroatoms. The largest absolute Gasteiger partial charge is 0.454 e. The van der Waals surface area contributed by atoms with E-state index < -0.39 is 11.6 Å². The molecule has 0 radical (unpaired) electrons. The van der Waals surface area contributed by atoms with Crippen molar-refractivity contribution in [2.45, 2.75) is 6.42 Å². The molecule has 0 aromatic heterocycles. The zero-order valence-electron chi connectivity index (χ0n) is 12.8. The lowest BCUT2D eigenvalue weighted by Gasteiger charge is -2.04. The van der Waals surface area contributed by atoms with Gasteiger partial charge in [0.2, 0.25) is 18.4 Å². The first-order chi connectivity index (χ1) is 11.7. The van der Waals surface area contributed by atoms with E-state index in [4.69, 9.17) is 9.47 Å². The molecule has 0 N–H and O–H groups in total. The molecule has 1 heterocycles. The van der Waals surface area contributed by atoms with Crippen LogP contribution < -0.4 is 9.47 Å². The normalized spacial score (nSPS) is 12.3. The van der Waals surface area contributed by atoms with Gasteiger partial charge in [-0.1, -0.05) is 42.5 Å². The van der Waals surface area contributed by atoms with E-state index in [0.29, 0.717) is 17.1 Å². The maximum absolute atomic E-state index is 12.4. The molecular formula is C20H14O4. The van der Waals surface area contributed by atoms with Crippen molar-refractivity contribution in [1.82, 2.24) is 0 Å². The third kappa shape index (κ3) is 2.63. The second-order valence-electron chi connectivity index (χ2n) is 5.68. The van der Waals surface area contributed by atoms with E-state index in [-0.39, 0.29) is 13.2 Å². The Hall–Kier alpha value is -3.14. The molecule has 0 saturated carbocycles. The van der Waals surface area contributed by atoms with Crippen LogP contribution in [-0.2, 0) is 11.2 Å². The molecule has 0 saturated heterocycles. The van der Waals surface area contributed by atoms with Gasteiger partial charge in [0.1, 0.15) is 0 Å². The van der Waals surface area contributed by atoms with E-state index in [1.165, 1.54) is 0 Å². The maximum Gasteiger partial charge on any atom is 0.231 e. The Bertz CT molecular complexity index is 959. The molecule has 0 spiro atoms. The van der Waals surface area contributed by atoms with Gasteiger partial charge in [-0.15, -0.1) is 0 Å². The summed E-state index contributed by atoms with van der Waals surface area (Å²) in [6.45, 7) is 0.183. The van der Waals surface area contributed by atoms with Gasteiger partial charge in [-0.3, -0.25) is 9.59 Å². The third-order valence-corrected chi connectivity index (χ3v) is 4.07. The van der Waals surface area contributed by atoms with Crippen molar-refractivity contribution in [1.29, 1.82) is 0 Å². The standard InChI is InChI=1S/C20H14O4/c21-17(9-13-5-8-18-19(10-13)24-12-23-18)20(22)16-7-6-14-3-1-2-4-15(14)11-16/h1-8,10-11H,9,12H2. The highest BCUT2D eigenvalue weighted by molar-refractivity contribution is 6.44. The molecule has 0 fully saturated rings. The lowest BCUT2D eigenvalue weighted by atomic mass is 9.99. The van der Waals surface area contributed by atoms with Crippen LogP contribution in [0.2, 0.25) is 0 Å². The van der Waals surface area contributed by atoms with Crippen molar-refractivity contribution in [3.8, 4) is 11.5 Å². The molecule has 1 aliphatic rings. The van der Waals surface area contributed by atoms with E-state index in [9.17, 15) is 9.59 Å². The molecule has 0 aliphatic carbocycles. The second-order valence-corrected chi connectivity index (χ2v) is 5.68. The smallest absolute Gasteiger partial charge is 0.231 e. The Labute approximate surface area is 138 Å². The first-order valence-corrected chi connectivity index (χ1v) is 7.65. The van der Waals surface area contributed by atoms with Crippen molar-refractivity contribution in [3.05, 3.63) is 71.8 Å². The maximum atomic E-state index is 12.4. The average molecular weight is 318 g/mol. The summed E-state index contributed by atoms with van der Waals surface area (Å²) in [4.78, 5) is 24.7. The fourth-order valence-electron chi connectivity index (χ4n) is 2.81. The van der Waals surface area contributed by atoms with Crippen molar-refractivity contribution in [2.75, 3.05) is 6.79 Å². The van der Waals surface area contributed by atoms with Crippen LogP contribution in [0.5, 0.6) is 11.5 Å². The number of benzene rings is 3. The molecule has 3 aromatic carbocycles. The number of carbonyl (C=O) groups excluding carboxylic acids is 2. The fourth-order valence-corrected chi connectivity index (χ4v) is 2.81. The van der Waals surface area contributed by atoms with Crippen LogP contribution in [0.15, 0.2) is 60.7 Å². The number of hydrogen-bond donors (Lipinski definition) is 0. The van der Waals surface area contributed by atoms with Crippen LogP contribution in [0, 0.1) is 0 Å². The summed E-state index contributed by atoms with van der Waals surface area (Å²) in [5, 5.41) is 1.98. The summed E-state index contributed by atoms with van der Waals surface area (Å²) >= 11 is 0. The van der Waals surface area contributed by atoms with Crippen LogP contribution in [0.25, 0.3) is 10.8 Å². The number of ether oxygens (including phenoxy) is 2. The van der Waals surface area contributed by atoms with E-state index in [0.717, 1.165) is 16.3 Å². The van der Waals surface area contributed by atoms with Gasteiger partial charge < -0.3 is 9.47 Å². The molecular weight excluding hydrogens is 304 g/mol. The molecule has 3 aromatic rings. The van der Waals surface area contributed by atoms with Crippen LogP contribution in [0.3, 0.4) is 0 Å². The molecule has 24 heavy (non-hydrogen) atoms. The summed E-state index contributed by atoms with van der Waals surface area (Å²) in [6.07, 6.45) is 0.0439. The predicted molar refractivity (Wildman–Crippen MR) is 89.6 cm³/mol. The summed E-state index contributed by atoms with van der Waals surface area (Å²) in [5.74, 6) is 0.355. The quantitative estimate of drug-likeness (QED) is 0.545. The molecule has 4 rings (SSSR count). The molecule has 118 valence electrons. The summed E-state index contributed by atoms with van der Waals surface area (Å²) in [5.41, 5.74) is 1.15. The topological polar surface area (TPSA) is 52.6 Å². The highest BCUT2D eigenvalue weighted by Crippen LogP contribution is 2.32. The summed E-state index contributed by atoms with van der Waals surface area (Å²) in [7, 11) is 0. The van der Waals surface area contributed by atoms with Gasteiger partial charge in [0, 0.05) is 12.0 Å². The average Bonchev–Trinajstić information content (AvgIpc) is 3.08. The van der Waals surface area contributed by atoms with E-state index >= 15 is 0 Å². The molecule has 1 aliphatic heterocycles.